The number of likely N-dealkylation sites (N-methyl/N-ethyl adjacent to an activating group) is 1. The van der Waals surface area contributed by atoms with Crippen LogP contribution in [0.5, 0.6) is 5.75 Å². The Bertz CT molecular complexity index is 1280. The second-order valence-corrected chi connectivity index (χ2v) is 12.6. The number of carbonyl (C=O) groups excluding carboxylic acids is 2. The van der Waals surface area contributed by atoms with E-state index in [-0.39, 0.29) is 42.8 Å². The third-order valence-corrected chi connectivity index (χ3v) is 9.07. The van der Waals surface area contributed by atoms with Crippen molar-refractivity contribution in [3.63, 3.8) is 0 Å². The number of amides is 2. The van der Waals surface area contributed by atoms with Gasteiger partial charge in [-0.3, -0.25) is 9.59 Å². The van der Waals surface area contributed by atoms with Crippen molar-refractivity contribution in [3.05, 3.63) is 52.3 Å². The lowest BCUT2D eigenvalue weighted by Crippen LogP contribution is -2.52. The summed E-state index contributed by atoms with van der Waals surface area (Å²) in [6, 6.07) is 8.52. The maximum absolute atomic E-state index is 15.5. The van der Waals surface area contributed by atoms with Gasteiger partial charge in [-0.05, 0) is 88.4 Å². The summed E-state index contributed by atoms with van der Waals surface area (Å²) in [5.41, 5.74) is 2.11. The Kier molecular flexibility index (Phi) is 13.5. The molecule has 2 aliphatic rings. The fourth-order valence-corrected chi connectivity index (χ4v) is 6.72. The highest BCUT2D eigenvalue weighted by Crippen LogP contribution is 2.38. The first-order valence-corrected chi connectivity index (χ1v) is 16.7. The molecule has 0 unspecified atom stereocenters. The van der Waals surface area contributed by atoms with E-state index < -0.39 is 5.82 Å². The van der Waals surface area contributed by atoms with E-state index in [0.29, 0.717) is 72.4 Å². The van der Waals surface area contributed by atoms with Gasteiger partial charge in [0.2, 0.25) is 11.8 Å². The summed E-state index contributed by atoms with van der Waals surface area (Å²) in [4.78, 5) is 30.9. The molecule has 2 aromatic rings. The minimum Gasteiger partial charge on any atom is -0.493 e. The van der Waals surface area contributed by atoms with Gasteiger partial charge in [0.05, 0.1) is 19.4 Å². The van der Waals surface area contributed by atoms with E-state index in [1.165, 1.54) is 6.07 Å². The molecule has 1 N–H and O–H groups in total. The van der Waals surface area contributed by atoms with Crippen molar-refractivity contribution in [3.8, 4) is 16.9 Å². The van der Waals surface area contributed by atoms with Crippen molar-refractivity contribution in [2.45, 2.75) is 83.8 Å². The molecule has 2 aliphatic heterocycles. The smallest absolute Gasteiger partial charge is 0.227 e. The fourth-order valence-electron chi connectivity index (χ4n) is 6.48. The molecule has 2 fully saturated rings. The van der Waals surface area contributed by atoms with Crippen LogP contribution in [0, 0.1) is 5.82 Å². The first kappa shape index (κ1) is 35.1. The monoisotopic (exact) mass is 645 g/mol. The molecule has 0 aliphatic carbocycles. The molecule has 4 rings (SSSR count). The molecule has 2 aromatic carbocycles. The number of piperidine rings is 1. The van der Waals surface area contributed by atoms with E-state index in [2.05, 4.69) is 5.32 Å². The molecule has 0 bridgehead atoms. The number of hydrogen-bond acceptors (Lipinski definition) is 6. The highest BCUT2D eigenvalue weighted by atomic mass is 35.5. The maximum Gasteiger partial charge on any atom is 0.227 e. The number of methoxy groups -OCH3 is 1. The van der Waals surface area contributed by atoms with Crippen molar-refractivity contribution >= 4 is 23.4 Å². The van der Waals surface area contributed by atoms with Gasteiger partial charge in [-0.1, -0.05) is 17.7 Å². The van der Waals surface area contributed by atoms with Gasteiger partial charge in [-0.15, -0.1) is 0 Å². The molecular weight excluding hydrogens is 597 g/mol. The minimum atomic E-state index is -0.444. The topological polar surface area (TPSA) is 80.3 Å². The van der Waals surface area contributed by atoms with Crippen LogP contribution in [0.4, 0.5) is 4.39 Å². The van der Waals surface area contributed by atoms with Gasteiger partial charge in [-0.25, -0.2) is 4.39 Å². The average Bonchev–Trinajstić information content (AvgIpc) is 3.03. The van der Waals surface area contributed by atoms with Gasteiger partial charge in [0.1, 0.15) is 11.6 Å². The lowest BCUT2D eigenvalue weighted by Gasteiger charge is -2.37. The number of benzene rings is 2. The molecule has 0 spiro atoms. The van der Waals surface area contributed by atoms with Crippen LogP contribution in [-0.2, 0) is 31.9 Å². The number of rotatable bonds is 14. The zero-order chi connectivity index (χ0) is 32.3. The second-order valence-electron chi connectivity index (χ2n) is 12.2. The van der Waals surface area contributed by atoms with Crippen LogP contribution < -0.4 is 10.1 Å². The Morgan fingerprint density at radius 1 is 1.04 bits per heavy atom. The van der Waals surface area contributed by atoms with Crippen LogP contribution in [-0.4, -0.2) is 92.9 Å². The predicted molar refractivity (Wildman–Crippen MR) is 175 cm³/mol. The molecule has 248 valence electrons. The van der Waals surface area contributed by atoms with Crippen molar-refractivity contribution in [1.82, 2.24) is 15.1 Å². The highest BCUT2D eigenvalue weighted by molar-refractivity contribution is 6.32. The van der Waals surface area contributed by atoms with E-state index in [4.69, 9.17) is 25.8 Å². The standard InChI is InChI=1S/C35H49ClFN3O5/c1-5-39(27-11-16-44-17-12-27)34(41)19-25-9-10-32(37)29(18-25)30-22-31(36)26(20-33(30)45-15-7-14-43-4)21-35(42)40(24(2)3)28-8-6-13-38-23-28/h9-10,18,20,22,24,27-28,38H,5-8,11-17,19,21,23H2,1-4H3/t28-/m1/s1. The first-order valence-electron chi connectivity index (χ1n) is 16.4. The Morgan fingerprint density at radius 3 is 2.49 bits per heavy atom. The number of hydrogen-bond donors (Lipinski definition) is 1. The van der Waals surface area contributed by atoms with Crippen LogP contribution in [0.15, 0.2) is 30.3 Å². The molecule has 0 saturated carbocycles. The number of carbonyl (C=O) groups is 2. The fraction of sp³-hybridized carbons (Fsp3) is 0.600. The third-order valence-electron chi connectivity index (χ3n) is 8.72. The summed E-state index contributed by atoms with van der Waals surface area (Å²) in [6.07, 6.45) is 4.52. The van der Waals surface area contributed by atoms with Crippen LogP contribution >= 0.6 is 11.6 Å². The van der Waals surface area contributed by atoms with Gasteiger partial charge in [0, 0.05) is 80.7 Å². The molecule has 2 saturated heterocycles. The highest BCUT2D eigenvalue weighted by Gasteiger charge is 2.29. The van der Waals surface area contributed by atoms with Crippen LogP contribution in [0.25, 0.3) is 11.1 Å². The Morgan fingerprint density at radius 2 is 1.82 bits per heavy atom. The maximum atomic E-state index is 15.5. The molecule has 2 heterocycles. The third kappa shape index (κ3) is 9.41. The van der Waals surface area contributed by atoms with Crippen molar-refractivity contribution in [1.29, 1.82) is 0 Å². The number of halogens is 2. The van der Waals surface area contributed by atoms with Crippen molar-refractivity contribution in [2.75, 3.05) is 53.2 Å². The van der Waals surface area contributed by atoms with Gasteiger partial charge in [-0.2, -0.15) is 0 Å². The summed E-state index contributed by atoms with van der Waals surface area (Å²) in [6.45, 7) is 10.6. The Hall–Kier alpha value is -2.72. The largest absolute Gasteiger partial charge is 0.493 e. The van der Waals surface area contributed by atoms with Crippen LogP contribution in [0.3, 0.4) is 0 Å². The summed E-state index contributed by atoms with van der Waals surface area (Å²) >= 11 is 6.82. The number of nitrogens with zero attached hydrogens (tertiary/aromatic N) is 2. The predicted octanol–water partition coefficient (Wildman–Crippen LogP) is 5.66. The molecule has 1 atom stereocenters. The quantitative estimate of drug-likeness (QED) is 0.267. The van der Waals surface area contributed by atoms with Crippen LogP contribution in [0.1, 0.15) is 64.0 Å². The lowest BCUT2D eigenvalue weighted by atomic mass is 9.97. The molecule has 0 aromatic heterocycles. The summed E-state index contributed by atoms with van der Waals surface area (Å²) in [5, 5.41) is 3.77. The van der Waals surface area contributed by atoms with Gasteiger partial charge in [0.15, 0.2) is 0 Å². The molecular formula is C35H49ClFN3O5. The van der Waals surface area contributed by atoms with E-state index in [9.17, 15) is 9.59 Å². The van der Waals surface area contributed by atoms with E-state index >= 15 is 4.39 Å². The van der Waals surface area contributed by atoms with E-state index in [0.717, 1.165) is 38.8 Å². The van der Waals surface area contributed by atoms with E-state index in [1.54, 1.807) is 31.4 Å². The molecule has 8 nitrogen and oxygen atoms in total. The summed E-state index contributed by atoms with van der Waals surface area (Å²) < 4.78 is 32.3. The van der Waals surface area contributed by atoms with Crippen LogP contribution in [0.2, 0.25) is 5.02 Å². The lowest BCUT2D eigenvalue weighted by molar-refractivity contribution is -0.135. The van der Waals surface area contributed by atoms with Gasteiger partial charge < -0.3 is 29.3 Å². The minimum absolute atomic E-state index is 0.00428. The molecule has 10 heteroatoms. The summed E-state index contributed by atoms with van der Waals surface area (Å²) in [7, 11) is 1.63. The van der Waals surface area contributed by atoms with Crippen molar-refractivity contribution < 1.29 is 28.2 Å². The SMILES string of the molecule is CCN(C(=O)Cc1ccc(F)c(-c2cc(Cl)c(CC(=O)N(C(C)C)[C@@H]3CCCNC3)cc2OCCCOC)c1)C1CCOCC1. The first-order chi connectivity index (χ1) is 21.7. The normalized spacial score (nSPS) is 17.4. The second kappa shape index (κ2) is 17.3. The number of ether oxygens (including phenoxy) is 3. The zero-order valence-electron chi connectivity index (χ0n) is 27.2. The van der Waals surface area contributed by atoms with Gasteiger partial charge >= 0.3 is 0 Å². The Labute approximate surface area is 272 Å². The Balaban J connectivity index is 1.62. The molecule has 2 amide bonds. The molecule has 0 radical (unpaired) electrons. The van der Waals surface area contributed by atoms with Crippen molar-refractivity contribution in [2.24, 2.45) is 0 Å². The van der Waals surface area contributed by atoms with E-state index in [1.807, 2.05) is 30.6 Å². The average molecular weight is 646 g/mol. The zero-order valence-corrected chi connectivity index (χ0v) is 28.0. The number of nitrogens with one attached hydrogen (secondary N) is 1. The molecule has 45 heavy (non-hydrogen) atoms. The van der Waals surface area contributed by atoms with Gasteiger partial charge in [0.25, 0.3) is 0 Å². The summed E-state index contributed by atoms with van der Waals surface area (Å²) in [5.74, 6) is -0.00275.